The minimum Gasteiger partial charge on any atom is -0.377 e. The molecule has 0 radical (unpaired) electrons. The first kappa shape index (κ1) is 15.9. The highest BCUT2D eigenvalue weighted by atomic mass is 16.5. The maximum Gasteiger partial charge on any atom is 0.254 e. The van der Waals surface area contributed by atoms with Gasteiger partial charge in [-0.05, 0) is 31.6 Å². The standard InChI is InChI=1S/C16H24N2O3/c1-17-9-8-12-6-4-5-7-13(12)16(19)18-10-14(20-2)15(11-18)21-3/h4-7,14-15,17H,8-11H2,1-3H3. The molecule has 0 bridgehead atoms. The van der Waals surface area contributed by atoms with E-state index in [1.165, 1.54) is 0 Å². The lowest BCUT2D eigenvalue weighted by Crippen LogP contribution is -2.31. The number of methoxy groups -OCH3 is 2. The second kappa shape index (κ2) is 7.54. The van der Waals surface area contributed by atoms with E-state index >= 15 is 0 Å². The van der Waals surface area contributed by atoms with Crippen molar-refractivity contribution in [2.45, 2.75) is 18.6 Å². The highest BCUT2D eigenvalue weighted by Crippen LogP contribution is 2.20. The van der Waals surface area contributed by atoms with Crippen molar-refractivity contribution in [3.8, 4) is 0 Å². The van der Waals surface area contributed by atoms with Crippen LogP contribution in [0.25, 0.3) is 0 Å². The van der Waals surface area contributed by atoms with Crippen molar-refractivity contribution in [1.29, 1.82) is 0 Å². The van der Waals surface area contributed by atoms with Gasteiger partial charge in [0.05, 0.1) is 0 Å². The monoisotopic (exact) mass is 292 g/mol. The van der Waals surface area contributed by atoms with Crippen molar-refractivity contribution in [1.82, 2.24) is 10.2 Å². The van der Waals surface area contributed by atoms with Crippen LogP contribution >= 0.6 is 0 Å². The lowest BCUT2D eigenvalue weighted by Gasteiger charge is -2.18. The number of hydrogen-bond donors (Lipinski definition) is 1. The third-order valence-electron chi connectivity index (χ3n) is 4.00. The number of likely N-dealkylation sites (N-methyl/N-ethyl adjacent to an activating group) is 1. The highest BCUT2D eigenvalue weighted by Gasteiger charge is 2.36. The number of rotatable bonds is 6. The molecule has 1 aromatic carbocycles. The molecule has 21 heavy (non-hydrogen) atoms. The fourth-order valence-electron chi connectivity index (χ4n) is 2.74. The maximum absolute atomic E-state index is 12.7. The van der Waals surface area contributed by atoms with E-state index < -0.39 is 0 Å². The zero-order valence-corrected chi connectivity index (χ0v) is 13.0. The third-order valence-corrected chi connectivity index (χ3v) is 4.00. The summed E-state index contributed by atoms with van der Waals surface area (Å²) >= 11 is 0. The van der Waals surface area contributed by atoms with Gasteiger partial charge >= 0.3 is 0 Å². The Labute approximate surface area is 126 Å². The minimum absolute atomic E-state index is 0.0524. The molecule has 0 spiro atoms. The van der Waals surface area contributed by atoms with Gasteiger partial charge in [-0.25, -0.2) is 0 Å². The molecule has 2 rings (SSSR count). The summed E-state index contributed by atoms with van der Waals surface area (Å²) in [6.45, 7) is 2.01. The molecule has 1 N–H and O–H groups in total. The maximum atomic E-state index is 12.7. The van der Waals surface area contributed by atoms with Crippen LogP contribution < -0.4 is 5.32 Å². The molecule has 1 aliphatic rings. The second-order valence-electron chi connectivity index (χ2n) is 5.27. The summed E-state index contributed by atoms with van der Waals surface area (Å²) in [5.41, 5.74) is 1.85. The van der Waals surface area contributed by atoms with Gasteiger partial charge in [0.1, 0.15) is 12.2 Å². The van der Waals surface area contributed by atoms with Crippen LogP contribution in [0.4, 0.5) is 0 Å². The summed E-state index contributed by atoms with van der Waals surface area (Å²) in [5, 5.41) is 3.12. The van der Waals surface area contributed by atoms with Crippen LogP contribution in [0.1, 0.15) is 15.9 Å². The van der Waals surface area contributed by atoms with E-state index in [0.29, 0.717) is 13.1 Å². The smallest absolute Gasteiger partial charge is 0.254 e. The number of nitrogens with zero attached hydrogens (tertiary/aromatic N) is 1. The molecular formula is C16H24N2O3. The number of likely N-dealkylation sites (tertiary alicyclic amines) is 1. The Morgan fingerprint density at radius 2 is 1.86 bits per heavy atom. The van der Waals surface area contributed by atoms with Gasteiger partial charge in [0, 0.05) is 32.9 Å². The Hall–Kier alpha value is -1.43. The van der Waals surface area contributed by atoms with Crippen LogP contribution in [0.15, 0.2) is 24.3 Å². The Morgan fingerprint density at radius 3 is 2.43 bits per heavy atom. The summed E-state index contributed by atoms with van der Waals surface area (Å²) in [6, 6.07) is 7.80. The summed E-state index contributed by atoms with van der Waals surface area (Å²) in [5.74, 6) is 0.0586. The molecule has 2 unspecified atom stereocenters. The van der Waals surface area contributed by atoms with Crippen molar-refractivity contribution in [3.05, 3.63) is 35.4 Å². The fraction of sp³-hybridized carbons (Fsp3) is 0.562. The van der Waals surface area contributed by atoms with Gasteiger partial charge in [0.2, 0.25) is 0 Å². The average Bonchev–Trinajstić information content (AvgIpc) is 2.95. The van der Waals surface area contributed by atoms with E-state index in [4.69, 9.17) is 9.47 Å². The quantitative estimate of drug-likeness (QED) is 0.847. The van der Waals surface area contributed by atoms with Crippen LogP contribution in [0.2, 0.25) is 0 Å². The molecule has 116 valence electrons. The molecule has 1 heterocycles. The molecule has 5 heteroatoms. The number of hydrogen-bond acceptors (Lipinski definition) is 4. The lowest BCUT2D eigenvalue weighted by atomic mass is 10.0. The van der Waals surface area contributed by atoms with E-state index in [9.17, 15) is 4.79 Å². The summed E-state index contributed by atoms with van der Waals surface area (Å²) in [6.07, 6.45) is 0.736. The van der Waals surface area contributed by atoms with E-state index in [1.54, 1.807) is 14.2 Å². The third kappa shape index (κ3) is 3.61. The van der Waals surface area contributed by atoms with Gasteiger partial charge in [-0.15, -0.1) is 0 Å². The SMILES string of the molecule is CNCCc1ccccc1C(=O)N1CC(OC)C(OC)C1. The van der Waals surface area contributed by atoms with Crippen LogP contribution in [0, 0.1) is 0 Å². The highest BCUT2D eigenvalue weighted by molar-refractivity contribution is 5.96. The van der Waals surface area contributed by atoms with Gasteiger partial charge < -0.3 is 19.7 Å². The Bertz CT molecular complexity index is 466. The predicted molar refractivity (Wildman–Crippen MR) is 81.6 cm³/mol. The van der Waals surface area contributed by atoms with E-state index in [-0.39, 0.29) is 18.1 Å². The fourth-order valence-corrected chi connectivity index (χ4v) is 2.74. The Morgan fingerprint density at radius 1 is 1.24 bits per heavy atom. The van der Waals surface area contributed by atoms with Crippen LogP contribution in [0.5, 0.6) is 0 Å². The number of ether oxygens (including phenoxy) is 2. The van der Waals surface area contributed by atoms with Gasteiger partial charge in [-0.1, -0.05) is 18.2 Å². The average molecular weight is 292 g/mol. The van der Waals surface area contributed by atoms with E-state index in [1.807, 2.05) is 36.2 Å². The zero-order chi connectivity index (χ0) is 15.2. The molecule has 1 aliphatic heterocycles. The first-order valence-corrected chi connectivity index (χ1v) is 7.28. The molecule has 1 aromatic rings. The van der Waals surface area contributed by atoms with Crippen molar-refractivity contribution in [2.75, 3.05) is 40.9 Å². The normalized spacial score (nSPS) is 21.8. The van der Waals surface area contributed by atoms with Crippen LogP contribution in [-0.4, -0.2) is 63.9 Å². The Balaban J connectivity index is 2.13. The van der Waals surface area contributed by atoms with Crippen molar-refractivity contribution >= 4 is 5.91 Å². The van der Waals surface area contributed by atoms with Gasteiger partial charge in [0.25, 0.3) is 5.91 Å². The number of nitrogens with one attached hydrogen (secondary N) is 1. The molecular weight excluding hydrogens is 268 g/mol. The summed E-state index contributed by atoms with van der Waals surface area (Å²) < 4.78 is 10.8. The Kier molecular flexibility index (Phi) is 5.73. The van der Waals surface area contributed by atoms with Gasteiger partial charge in [-0.3, -0.25) is 4.79 Å². The lowest BCUT2D eigenvalue weighted by molar-refractivity contribution is -0.00461. The summed E-state index contributed by atoms with van der Waals surface area (Å²) in [4.78, 5) is 14.6. The van der Waals surface area contributed by atoms with Gasteiger partial charge in [0.15, 0.2) is 0 Å². The molecule has 5 nitrogen and oxygen atoms in total. The van der Waals surface area contributed by atoms with Crippen molar-refractivity contribution in [2.24, 2.45) is 0 Å². The summed E-state index contributed by atoms with van der Waals surface area (Å²) in [7, 11) is 5.23. The van der Waals surface area contributed by atoms with Crippen molar-refractivity contribution < 1.29 is 14.3 Å². The van der Waals surface area contributed by atoms with E-state index in [0.717, 1.165) is 24.1 Å². The van der Waals surface area contributed by atoms with Crippen molar-refractivity contribution in [3.63, 3.8) is 0 Å². The number of carbonyl (C=O) groups excluding carboxylic acids is 1. The molecule has 0 aliphatic carbocycles. The van der Waals surface area contributed by atoms with Crippen LogP contribution in [-0.2, 0) is 15.9 Å². The van der Waals surface area contributed by atoms with E-state index in [2.05, 4.69) is 5.32 Å². The molecule has 2 atom stereocenters. The molecule has 0 aromatic heterocycles. The molecule has 0 saturated carbocycles. The topological polar surface area (TPSA) is 50.8 Å². The number of benzene rings is 1. The first-order valence-electron chi connectivity index (χ1n) is 7.28. The molecule has 1 saturated heterocycles. The predicted octanol–water partition coefficient (Wildman–Crippen LogP) is 0.934. The largest absolute Gasteiger partial charge is 0.377 e. The minimum atomic E-state index is -0.0524. The van der Waals surface area contributed by atoms with Gasteiger partial charge in [-0.2, -0.15) is 0 Å². The first-order chi connectivity index (χ1) is 10.2. The molecule has 1 amide bonds. The number of amides is 1. The second-order valence-corrected chi connectivity index (χ2v) is 5.27. The number of carbonyl (C=O) groups is 1. The van der Waals surface area contributed by atoms with Crippen LogP contribution in [0.3, 0.4) is 0 Å². The molecule has 1 fully saturated rings. The zero-order valence-electron chi connectivity index (χ0n) is 13.0.